The normalized spacial score (nSPS) is 10.0. The molecule has 2 heterocycles. The molecule has 12 nitrogen and oxygen atoms in total. The average Bonchev–Trinajstić information content (AvgIpc) is 2.93. The third kappa shape index (κ3) is 8.55. The lowest BCUT2D eigenvalue weighted by molar-refractivity contribution is 0.262. The predicted molar refractivity (Wildman–Crippen MR) is 149 cm³/mol. The zero-order valence-corrected chi connectivity index (χ0v) is 20.9. The lowest BCUT2D eigenvalue weighted by Gasteiger charge is -2.09. The Kier molecular flexibility index (Phi) is 8.80. The number of benzene rings is 3. The van der Waals surface area contributed by atoms with Gasteiger partial charge in [-0.3, -0.25) is 0 Å². The summed E-state index contributed by atoms with van der Waals surface area (Å²) in [6, 6.07) is 21.8. The zero-order valence-electron chi connectivity index (χ0n) is 20.9. The van der Waals surface area contributed by atoms with Crippen molar-refractivity contribution in [2.75, 3.05) is 27.8 Å². The molecule has 0 saturated carbocycles. The molecular formula is C27H24FN9O3. The maximum atomic E-state index is 12.8. The fourth-order valence-corrected chi connectivity index (χ4v) is 3.03. The molecule has 0 aliphatic heterocycles. The first-order valence-corrected chi connectivity index (χ1v) is 11.6. The second-order valence-electron chi connectivity index (χ2n) is 7.95. The highest BCUT2D eigenvalue weighted by Crippen LogP contribution is 2.22. The summed E-state index contributed by atoms with van der Waals surface area (Å²) in [6.07, 6.45) is 2.66. The van der Waals surface area contributed by atoms with Crippen LogP contribution in [0.3, 0.4) is 0 Å². The van der Waals surface area contributed by atoms with Crippen molar-refractivity contribution in [3.63, 3.8) is 0 Å². The van der Waals surface area contributed by atoms with E-state index in [4.69, 9.17) is 26.7 Å². The van der Waals surface area contributed by atoms with E-state index in [9.17, 15) is 9.18 Å². The van der Waals surface area contributed by atoms with E-state index in [0.717, 1.165) is 0 Å². The van der Waals surface area contributed by atoms with E-state index in [0.29, 0.717) is 52.0 Å². The summed E-state index contributed by atoms with van der Waals surface area (Å²) in [7, 11) is 0. The molecule has 5 aromatic rings. The quantitative estimate of drug-likeness (QED) is 0.181. The molecule has 2 aromatic heterocycles. The number of hydrogen-bond acceptors (Lipinski definition) is 10. The first kappa shape index (κ1) is 27.1. The maximum absolute atomic E-state index is 12.8. The van der Waals surface area contributed by atoms with Crippen LogP contribution in [0.25, 0.3) is 0 Å². The molecule has 13 heteroatoms. The number of aromatic nitrogens is 4. The lowest BCUT2D eigenvalue weighted by atomic mass is 10.3. The number of rotatable bonds is 6. The van der Waals surface area contributed by atoms with Crippen molar-refractivity contribution in [2.24, 2.45) is 0 Å². The van der Waals surface area contributed by atoms with E-state index in [1.807, 2.05) is 0 Å². The van der Waals surface area contributed by atoms with Crippen LogP contribution in [-0.2, 0) is 0 Å². The Morgan fingerprint density at radius 3 is 1.50 bits per heavy atom. The Hall–Kier alpha value is -5.98. The number of nitrogens with zero attached hydrogens (tertiary/aromatic N) is 4. The van der Waals surface area contributed by atoms with E-state index in [2.05, 4.69) is 30.6 Å². The molecule has 0 aliphatic carbocycles. The van der Waals surface area contributed by atoms with Gasteiger partial charge in [0.1, 0.15) is 41.6 Å². The molecule has 2 amide bonds. The SMILES string of the molecule is Nc1cc(Oc2ccc(NC(=O)Nc3ccc(F)cc3)cc2)ncn1.Nc1ccc(Oc2cc(N)ncn2)cc1. The number of anilines is 5. The third-order valence-electron chi connectivity index (χ3n) is 4.87. The minimum Gasteiger partial charge on any atom is -0.439 e. The Morgan fingerprint density at radius 1 is 0.625 bits per heavy atom. The highest BCUT2D eigenvalue weighted by atomic mass is 19.1. The van der Waals surface area contributed by atoms with Crippen molar-refractivity contribution in [3.05, 3.63) is 103 Å². The molecule has 202 valence electrons. The van der Waals surface area contributed by atoms with Gasteiger partial charge < -0.3 is 37.3 Å². The van der Waals surface area contributed by atoms with Crippen molar-refractivity contribution < 1.29 is 18.7 Å². The molecule has 8 N–H and O–H groups in total. The van der Waals surface area contributed by atoms with Crippen LogP contribution < -0.4 is 37.3 Å². The summed E-state index contributed by atoms with van der Waals surface area (Å²) in [6.45, 7) is 0. The molecule has 5 rings (SSSR count). The molecule has 0 atom stereocenters. The van der Waals surface area contributed by atoms with Crippen LogP contribution in [0, 0.1) is 5.82 Å². The van der Waals surface area contributed by atoms with Gasteiger partial charge in [-0.1, -0.05) is 0 Å². The minimum absolute atomic E-state index is 0.306. The highest BCUT2D eigenvalue weighted by Gasteiger charge is 2.05. The Balaban J connectivity index is 0.000000210. The largest absolute Gasteiger partial charge is 0.439 e. The van der Waals surface area contributed by atoms with Gasteiger partial charge in [-0.25, -0.2) is 29.1 Å². The van der Waals surface area contributed by atoms with Gasteiger partial charge in [0.15, 0.2) is 0 Å². The molecule has 0 aliphatic rings. The predicted octanol–water partition coefficient (Wildman–Crippen LogP) is 5.07. The number of hydrogen-bond donors (Lipinski definition) is 5. The summed E-state index contributed by atoms with van der Waals surface area (Å²) in [4.78, 5) is 27.3. The number of ether oxygens (including phenoxy) is 2. The van der Waals surface area contributed by atoms with E-state index in [1.54, 1.807) is 54.6 Å². The van der Waals surface area contributed by atoms with Crippen LogP contribution in [-0.4, -0.2) is 26.0 Å². The van der Waals surface area contributed by atoms with E-state index in [-0.39, 0.29) is 5.82 Å². The van der Waals surface area contributed by atoms with Crippen molar-refractivity contribution in [1.29, 1.82) is 0 Å². The van der Waals surface area contributed by atoms with Crippen LogP contribution >= 0.6 is 0 Å². The lowest BCUT2D eigenvalue weighted by Crippen LogP contribution is -2.19. The molecule has 0 fully saturated rings. The van der Waals surface area contributed by atoms with Crippen LogP contribution in [0.2, 0.25) is 0 Å². The average molecular weight is 542 g/mol. The number of urea groups is 1. The van der Waals surface area contributed by atoms with E-state index < -0.39 is 6.03 Å². The maximum Gasteiger partial charge on any atom is 0.323 e. The van der Waals surface area contributed by atoms with E-state index >= 15 is 0 Å². The number of amides is 2. The number of halogens is 1. The molecule has 40 heavy (non-hydrogen) atoms. The van der Waals surface area contributed by atoms with Gasteiger partial charge in [-0.15, -0.1) is 0 Å². The smallest absolute Gasteiger partial charge is 0.323 e. The van der Waals surface area contributed by atoms with Crippen LogP contribution in [0.4, 0.5) is 37.9 Å². The molecule has 0 saturated heterocycles. The Morgan fingerprint density at radius 2 is 1.05 bits per heavy atom. The zero-order chi connectivity index (χ0) is 28.3. The summed E-state index contributed by atoms with van der Waals surface area (Å²) >= 11 is 0. The molecule has 0 bridgehead atoms. The number of nitrogens with one attached hydrogen (secondary N) is 2. The van der Waals surface area contributed by atoms with Crippen molar-refractivity contribution in [3.8, 4) is 23.3 Å². The van der Waals surface area contributed by atoms with Gasteiger partial charge in [-0.05, 0) is 72.8 Å². The monoisotopic (exact) mass is 541 g/mol. The second kappa shape index (κ2) is 13.0. The fraction of sp³-hybridized carbons (Fsp3) is 0. The molecule has 0 spiro atoms. The van der Waals surface area contributed by atoms with Crippen LogP contribution in [0.1, 0.15) is 0 Å². The summed E-state index contributed by atoms with van der Waals surface area (Å²) < 4.78 is 23.8. The number of carbonyl (C=O) groups is 1. The molecular weight excluding hydrogens is 517 g/mol. The number of carbonyl (C=O) groups excluding carboxylic acids is 1. The van der Waals surface area contributed by atoms with Crippen molar-refractivity contribution in [2.45, 2.75) is 0 Å². The van der Waals surface area contributed by atoms with Gasteiger partial charge in [-0.2, -0.15) is 0 Å². The summed E-state index contributed by atoms with van der Waals surface area (Å²) in [5.41, 5.74) is 18.3. The van der Waals surface area contributed by atoms with Gasteiger partial charge in [0.2, 0.25) is 11.8 Å². The third-order valence-corrected chi connectivity index (χ3v) is 4.87. The van der Waals surface area contributed by atoms with Gasteiger partial charge in [0.25, 0.3) is 0 Å². The molecule has 0 radical (unpaired) electrons. The fourth-order valence-electron chi connectivity index (χ4n) is 3.03. The molecule has 0 unspecified atom stereocenters. The first-order valence-electron chi connectivity index (χ1n) is 11.6. The first-order chi connectivity index (χ1) is 19.3. The van der Waals surface area contributed by atoms with Gasteiger partial charge in [0, 0.05) is 29.2 Å². The topological polar surface area (TPSA) is 189 Å². The van der Waals surface area contributed by atoms with Crippen LogP contribution in [0.15, 0.2) is 97.6 Å². The summed E-state index contributed by atoms with van der Waals surface area (Å²) in [5.74, 6) is 2.22. The Bertz CT molecular complexity index is 1550. The summed E-state index contributed by atoms with van der Waals surface area (Å²) in [5, 5.41) is 5.26. The van der Waals surface area contributed by atoms with Gasteiger partial charge in [0.05, 0.1) is 0 Å². The Labute approximate surface area is 228 Å². The van der Waals surface area contributed by atoms with Crippen molar-refractivity contribution >= 4 is 34.7 Å². The highest BCUT2D eigenvalue weighted by molar-refractivity contribution is 5.99. The number of nitrogen functional groups attached to an aromatic ring is 3. The van der Waals surface area contributed by atoms with Gasteiger partial charge >= 0.3 is 6.03 Å². The second-order valence-corrected chi connectivity index (χ2v) is 7.95. The minimum atomic E-state index is -0.441. The standard InChI is InChI=1S/C17H14FN5O2.C10H10N4O/c18-11-1-3-12(4-2-11)22-17(24)23-13-5-7-14(8-6-13)25-16-9-15(19)20-10-21-16;11-7-1-3-8(4-2-7)15-10-5-9(12)13-6-14-10/h1-10H,(H2,19,20,21)(H2,22,23,24);1-6H,11H2,(H2,12,13,14). The number of nitrogens with two attached hydrogens (primary N) is 3. The van der Waals surface area contributed by atoms with Crippen molar-refractivity contribution in [1.82, 2.24) is 19.9 Å². The molecule has 3 aromatic carbocycles. The van der Waals surface area contributed by atoms with E-state index in [1.165, 1.54) is 43.0 Å². The van der Waals surface area contributed by atoms with Crippen LogP contribution in [0.5, 0.6) is 23.3 Å².